The maximum absolute atomic E-state index is 11.6. The van der Waals surface area contributed by atoms with Crippen molar-refractivity contribution in [3.8, 4) is 0 Å². The van der Waals surface area contributed by atoms with E-state index in [9.17, 15) is 4.79 Å². The summed E-state index contributed by atoms with van der Waals surface area (Å²) in [4.78, 5) is 11.6. The summed E-state index contributed by atoms with van der Waals surface area (Å²) in [5.74, 6) is 0.000509. The highest BCUT2D eigenvalue weighted by atomic mass is 127. The molecule has 1 aromatic carbocycles. The van der Waals surface area contributed by atoms with Gasteiger partial charge < -0.3 is 5.32 Å². The number of hydrogen-bond acceptors (Lipinski definition) is 1. The van der Waals surface area contributed by atoms with Crippen LogP contribution in [0, 0.1) is 6.92 Å². The predicted molar refractivity (Wildman–Crippen MR) is 74.7 cm³/mol. The lowest BCUT2D eigenvalue weighted by Crippen LogP contribution is -2.24. The fraction of sp³-hybridized carbons (Fsp3) is 0.364. The lowest BCUT2D eigenvalue weighted by Gasteiger charge is -2.05. The van der Waals surface area contributed by atoms with E-state index in [1.165, 1.54) is 0 Å². The third-order valence-electron chi connectivity index (χ3n) is 2.03. The Hall–Kier alpha value is -0.100. The van der Waals surface area contributed by atoms with Gasteiger partial charge in [0, 0.05) is 21.0 Å². The van der Waals surface area contributed by atoms with Crippen LogP contribution < -0.4 is 5.32 Å². The molecule has 0 saturated carbocycles. The molecule has 1 rings (SSSR count). The van der Waals surface area contributed by atoms with E-state index in [0.29, 0.717) is 5.56 Å². The summed E-state index contributed by atoms with van der Waals surface area (Å²) in [7, 11) is 0. The number of carbonyl (C=O) groups excluding carboxylic acids is 1. The lowest BCUT2D eigenvalue weighted by molar-refractivity contribution is 0.0954. The fourth-order valence-corrected chi connectivity index (χ4v) is 1.87. The Bertz CT molecular complexity index is 354. The summed E-state index contributed by atoms with van der Waals surface area (Å²) in [6.45, 7) is 2.75. The molecule has 0 aliphatic carbocycles. The summed E-state index contributed by atoms with van der Waals surface area (Å²) in [6, 6.07) is 5.64. The zero-order chi connectivity index (χ0) is 11.3. The standard InChI is InChI=1S/C11H13BrINO/c1-8-3-4-9(7-10(8)12)11(15)14-6-2-5-13/h3-4,7H,2,5-6H2,1H3,(H,14,15). The summed E-state index contributed by atoms with van der Waals surface area (Å²) in [5.41, 5.74) is 1.85. The van der Waals surface area contributed by atoms with Crippen LogP contribution in [-0.4, -0.2) is 16.9 Å². The molecule has 0 radical (unpaired) electrons. The van der Waals surface area contributed by atoms with Crippen molar-refractivity contribution in [3.63, 3.8) is 0 Å². The Morgan fingerprint density at radius 2 is 2.27 bits per heavy atom. The molecule has 82 valence electrons. The van der Waals surface area contributed by atoms with E-state index in [1.807, 2.05) is 25.1 Å². The van der Waals surface area contributed by atoms with Crippen molar-refractivity contribution in [2.75, 3.05) is 11.0 Å². The molecule has 1 amide bonds. The molecule has 0 unspecified atom stereocenters. The quantitative estimate of drug-likeness (QED) is 0.484. The molecule has 0 bridgehead atoms. The first-order valence-electron chi connectivity index (χ1n) is 4.75. The number of nitrogens with one attached hydrogen (secondary N) is 1. The Morgan fingerprint density at radius 3 is 2.87 bits per heavy atom. The maximum atomic E-state index is 11.6. The zero-order valence-corrected chi connectivity index (χ0v) is 12.3. The van der Waals surface area contributed by atoms with Crippen LogP contribution in [0.2, 0.25) is 0 Å². The molecule has 0 spiro atoms. The van der Waals surface area contributed by atoms with Crippen molar-refractivity contribution in [1.29, 1.82) is 0 Å². The van der Waals surface area contributed by atoms with Gasteiger partial charge in [-0.2, -0.15) is 0 Å². The topological polar surface area (TPSA) is 29.1 Å². The Morgan fingerprint density at radius 1 is 1.53 bits per heavy atom. The molecule has 4 heteroatoms. The van der Waals surface area contributed by atoms with E-state index in [4.69, 9.17) is 0 Å². The SMILES string of the molecule is Cc1ccc(C(=O)NCCCI)cc1Br. The summed E-state index contributed by atoms with van der Waals surface area (Å²) >= 11 is 5.71. The lowest BCUT2D eigenvalue weighted by atomic mass is 10.1. The first-order chi connectivity index (χ1) is 7.15. The first kappa shape index (κ1) is 13.0. The third-order valence-corrected chi connectivity index (χ3v) is 3.65. The summed E-state index contributed by atoms with van der Waals surface area (Å²) in [5, 5.41) is 2.88. The van der Waals surface area contributed by atoms with Crippen molar-refractivity contribution in [2.45, 2.75) is 13.3 Å². The van der Waals surface area contributed by atoms with Crippen molar-refractivity contribution >= 4 is 44.4 Å². The maximum Gasteiger partial charge on any atom is 0.251 e. The van der Waals surface area contributed by atoms with Gasteiger partial charge >= 0.3 is 0 Å². The first-order valence-corrected chi connectivity index (χ1v) is 7.07. The van der Waals surface area contributed by atoms with E-state index < -0.39 is 0 Å². The third kappa shape index (κ3) is 4.10. The molecule has 0 aliphatic heterocycles. The van der Waals surface area contributed by atoms with E-state index in [1.54, 1.807) is 0 Å². The van der Waals surface area contributed by atoms with Crippen LogP contribution in [0.15, 0.2) is 22.7 Å². The second kappa shape index (κ2) is 6.48. The Kier molecular flexibility index (Phi) is 5.60. The van der Waals surface area contributed by atoms with E-state index in [-0.39, 0.29) is 5.91 Å². The smallest absolute Gasteiger partial charge is 0.251 e. The number of aryl methyl sites for hydroxylation is 1. The minimum absolute atomic E-state index is 0.000509. The van der Waals surface area contributed by atoms with Crippen LogP contribution in [0.1, 0.15) is 22.3 Å². The summed E-state index contributed by atoms with van der Waals surface area (Å²) < 4.78 is 2.04. The van der Waals surface area contributed by atoms with Gasteiger partial charge in [-0.25, -0.2) is 0 Å². The van der Waals surface area contributed by atoms with Gasteiger partial charge in [-0.1, -0.05) is 44.6 Å². The fourth-order valence-electron chi connectivity index (χ4n) is 1.10. The normalized spacial score (nSPS) is 10.1. The molecule has 0 aliphatic rings. The van der Waals surface area contributed by atoms with Gasteiger partial charge in [-0.15, -0.1) is 0 Å². The number of amides is 1. The van der Waals surface area contributed by atoms with E-state index in [0.717, 1.165) is 27.4 Å². The van der Waals surface area contributed by atoms with Crippen molar-refractivity contribution in [2.24, 2.45) is 0 Å². The van der Waals surface area contributed by atoms with Crippen LogP contribution in [0.4, 0.5) is 0 Å². The highest BCUT2D eigenvalue weighted by molar-refractivity contribution is 14.1. The number of rotatable bonds is 4. The Balaban J connectivity index is 2.62. The zero-order valence-electron chi connectivity index (χ0n) is 8.52. The van der Waals surface area contributed by atoms with Crippen molar-refractivity contribution in [1.82, 2.24) is 5.32 Å². The van der Waals surface area contributed by atoms with Crippen molar-refractivity contribution < 1.29 is 4.79 Å². The van der Waals surface area contributed by atoms with Crippen LogP contribution in [0.25, 0.3) is 0 Å². The molecule has 0 saturated heterocycles. The molecule has 2 nitrogen and oxygen atoms in total. The Labute approximate surface area is 112 Å². The van der Waals surface area contributed by atoms with Crippen LogP contribution in [0.5, 0.6) is 0 Å². The van der Waals surface area contributed by atoms with Gasteiger partial charge in [0.15, 0.2) is 0 Å². The molecule has 1 N–H and O–H groups in total. The van der Waals surface area contributed by atoms with E-state index >= 15 is 0 Å². The van der Waals surface area contributed by atoms with Gasteiger partial charge in [-0.3, -0.25) is 4.79 Å². The van der Waals surface area contributed by atoms with Gasteiger partial charge in [-0.05, 0) is 31.0 Å². The number of carbonyl (C=O) groups is 1. The molecular formula is C11H13BrINO. The van der Waals surface area contributed by atoms with Crippen LogP contribution in [0.3, 0.4) is 0 Å². The minimum Gasteiger partial charge on any atom is -0.352 e. The average molecular weight is 382 g/mol. The number of alkyl halides is 1. The minimum atomic E-state index is 0.000509. The molecule has 0 aromatic heterocycles. The van der Waals surface area contributed by atoms with Gasteiger partial charge in [0.25, 0.3) is 5.91 Å². The van der Waals surface area contributed by atoms with Gasteiger partial charge in [0.1, 0.15) is 0 Å². The highest BCUT2D eigenvalue weighted by Gasteiger charge is 2.05. The molecule has 15 heavy (non-hydrogen) atoms. The number of benzene rings is 1. The monoisotopic (exact) mass is 381 g/mol. The average Bonchev–Trinajstić information content (AvgIpc) is 2.22. The molecule has 0 heterocycles. The highest BCUT2D eigenvalue weighted by Crippen LogP contribution is 2.17. The predicted octanol–water partition coefficient (Wildman–Crippen LogP) is 3.31. The second-order valence-corrected chi connectivity index (χ2v) is 5.20. The molecular weight excluding hydrogens is 369 g/mol. The molecule has 1 aromatic rings. The molecule has 0 fully saturated rings. The van der Waals surface area contributed by atoms with Crippen LogP contribution >= 0.6 is 38.5 Å². The van der Waals surface area contributed by atoms with Crippen LogP contribution in [-0.2, 0) is 0 Å². The van der Waals surface area contributed by atoms with Crippen molar-refractivity contribution in [3.05, 3.63) is 33.8 Å². The largest absolute Gasteiger partial charge is 0.352 e. The van der Waals surface area contributed by atoms with Gasteiger partial charge in [0.05, 0.1) is 0 Å². The molecule has 0 atom stereocenters. The number of halogens is 2. The van der Waals surface area contributed by atoms with Gasteiger partial charge in [0.2, 0.25) is 0 Å². The number of hydrogen-bond donors (Lipinski definition) is 1. The van der Waals surface area contributed by atoms with E-state index in [2.05, 4.69) is 43.8 Å². The summed E-state index contributed by atoms with van der Waals surface area (Å²) in [6.07, 6.45) is 1.01. The second-order valence-electron chi connectivity index (χ2n) is 3.26.